The Bertz CT molecular complexity index is 407. The first-order chi connectivity index (χ1) is 7.93. The van der Waals surface area contributed by atoms with Crippen molar-refractivity contribution >= 4 is 11.6 Å². The van der Waals surface area contributed by atoms with E-state index in [4.69, 9.17) is 22.2 Å². The van der Waals surface area contributed by atoms with Gasteiger partial charge in [0.25, 0.3) is 0 Å². The molecule has 0 heterocycles. The smallest absolute Gasteiger partial charge is 0.125 e. The van der Waals surface area contributed by atoms with Crippen molar-refractivity contribution in [2.24, 2.45) is 5.84 Å². The average molecular weight is 258 g/mol. The molecule has 0 spiro atoms. The zero-order chi connectivity index (χ0) is 13.2. The highest BCUT2D eigenvalue weighted by molar-refractivity contribution is 6.32. The lowest BCUT2D eigenvalue weighted by Crippen LogP contribution is -2.38. The number of nitrogens with two attached hydrogens (primary N) is 1. The van der Waals surface area contributed by atoms with Gasteiger partial charge in [-0.1, -0.05) is 11.6 Å². The van der Waals surface area contributed by atoms with Gasteiger partial charge in [0.15, 0.2) is 0 Å². The van der Waals surface area contributed by atoms with Crippen LogP contribution in [0.3, 0.4) is 0 Å². The van der Waals surface area contributed by atoms with Gasteiger partial charge < -0.3 is 4.74 Å². The number of halogens is 1. The molecule has 0 bridgehead atoms. The van der Waals surface area contributed by atoms with Crippen LogP contribution in [-0.2, 0) is 0 Å². The van der Waals surface area contributed by atoms with Crippen LogP contribution in [0, 0.1) is 13.8 Å². The van der Waals surface area contributed by atoms with E-state index in [0.29, 0.717) is 0 Å². The van der Waals surface area contributed by atoms with Crippen LogP contribution in [0.2, 0.25) is 5.02 Å². The second-order valence-corrected chi connectivity index (χ2v) is 4.66. The summed E-state index contributed by atoms with van der Waals surface area (Å²) in [5, 5.41) is 0.753. The molecule has 0 amide bonds. The molecule has 5 heteroatoms. The van der Waals surface area contributed by atoms with Gasteiger partial charge in [-0.2, -0.15) is 0 Å². The van der Waals surface area contributed by atoms with Crippen LogP contribution < -0.4 is 16.0 Å². The van der Waals surface area contributed by atoms with Gasteiger partial charge in [-0.3, -0.25) is 10.7 Å². The van der Waals surface area contributed by atoms with Crippen LogP contribution in [0.1, 0.15) is 22.9 Å². The fourth-order valence-electron chi connectivity index (χ4n) is 1.94. The highest BCUT2D eigenvalue weighted by Gasteiger charge is 2.22. The molecule has 0 saturated carbocycles. The molecule has 0 radical (unpaired) electrons. The Balaban J connectivity index is 3.44. The molecule has 0 aliphatic carbocycles. The molecule has 1 aromatic carbocycles. The first-order valence-electron chi connectivity index (χ1n) is 5.40. The van der Waals surface area contributed by atoms with Gasteiger partial charge in [0.05, 0.1) is 7.11 Å². The van der Waals surface area contributed by atoms with E-state index in [9.17, 15) is 0 Å². The van der Waals surface area contributed by atoms with Gasteiger partial charge >= 0.3 is 0 Å². The van der Waals surface area contributed by atoms with Gasteiger partial charge in [0.1, 0.15) is 11.9 Å². The minimum atomic E-state index is -0.136. The van der Waals surface area contributed by atoms with E-state index in [1.807, 2.05) is 38.9 Å². The predicted octanol–water partition coefficient (Wildman–Crippen LogP) is 1.99. The Morgan fingerprint density at radius 3 is 2.41 bits per heavy atom. The van der Waals surface area contributed by atoms with E-state index >= 15 is 0 Å². The number of ether oxygens (including phenoxy) is 1. The Labute approximate surface area is 108 Å². The number of methoxy groups -OCH3 is 1. The molecule has 4 nitrogen and oxygen atoms in total. The van der Waals surface area contributed by atoms with Gasteiger partial charge in [-0.05, 0) is 45.1 Å². The molecular formula is C12H20ClN3O. The SMILES string of the molecule is COc1cc(C)c(Cl)c(C)c1C(NN)N(C)C. The van der Waals surface area contributed by atoms with Crippen LogP contribution in [0.25, 0.3) is 0 Å². The number of hydrogen-bond donors (Lipinski definition) is 2. The van der Waals surface area contributed by atoms with Crippen molar-refractivity contribution in [2.75, 3.05) is 21.2 Å². The van der Waals surface area contributed by atoms with Crippen LogP contribution >= 0.6 is 11.6 Å². The second kappa shape index (κ2) is 5.69. The fraction of sp³-hybridized carbons (Fsp3) is 0.500. The number of rotatable bonds is 4. The lowest BCUT2D eigenvalue weighted by Gasteiger charge is -2.27. The molecule has 17 heavy (non-hydrogen) atoms. The van der Waals surface area contributed by atoms with Crippen molar-refractivity contribution in [3.63, 3.8) is 0 Å². The molecule has 1 atom stereocenters. The summed E-state index contributed by atoms with van der Waals surface area (Å²) < 4.78 is 5.41. The standard InChI is InChI=1S/C12H20ClN3O/c1-7-6-9(17-5)10(8(2)11(7)13)12(15-14)16(3)4/h6,12,15H,14H2,1-5H3. The third-order valence-electron chi connectivity index (χ3n) is 2.86. The maximum Gasteiger partial charge on any atom is 0.125 e. The summed E-state index contributed by atoms with van der Waals surface area (Å²) in [6.45, 7) is 3.93. The van der Waals surface area contributed by atoms with Crippen molar-refractivity contribution in [2.45, 2.75) is 20.0 Å². The predicted molar refractivity (Wildman–Crippen MR) is 71.2 cm³/mol. The minimum absolute atomic E-state index is 0.136. The van der Waals surface area contributed by atoms with Crippen LogP contribution in [-0.4, -0.2) is 26.1 Å². The lowest BCUT2D eigenvalue weighted by atomic mass is 10.0. The van der Waals surface area contributed by atoms with Crippen molar-refractivity contribution in [3.8, 4) is 5.75 Å². The van der Waals surface area contributed by atoms with E-state index in [2.05, 4.69) is 5.43 Å². The van der Waals surface area contributed by atoms with Gasteiger partial charge in [0, 0.05) is 10.6 Å². The van der Waals surface area contributed by atoms with Crippen LogP contribution in [0.5, 0.6) is 5.75 Å². The molecular weight excluding hydrogens is 238 g/mol. The number of hydrogen-bond acceptors (Lipinski definition) is 4. The van der Waals surface area contributed by atoms with Crippen molar-refractivity contribution in [1.82, 2.24) is 10.3 Å². The molecule has 3 N–H and O–H groups in total. The first-order valence-corrected chi connectivity index (χ1v) is 5.78. The number of benzene rings is 1. The third-order valence-corrected chi connectivity index (χ3v) is 3.44. The zero-order valence-electron chi connectivity index (χ0n) is 11.0. The van der Waals surface area contributed by atoms with Crippen LogP contribution in [0.4, 0.5) is 0 Å². The molecule has 0 aliphatic rings. The molecule has 0 aliphatic heterocycles. The van der Waals surface area contributed by atoms with E-state index < -0.39 is 0 Å². The Morgan fingerprint density at radius 2 is 2.00 bits per heavy atom. The molecule has 96 valence electrons. The Kier molecular flexibility index (Phi) is 4.77. The summed E-state index contributed by atoms with van der Waals surface area (Å²) in [5.41, 5.74) is 5.72. The summed E-state index contributed by atoms with van der Waals surface area (Å²) >= 11 is 6.27. The Morgan fingerprint density at radius 1 is 1.41 bits per heavy atom. The summed E-state index contributed by atoms with van der Waals surface area (Å²) in [5.74, 6) is 6.39. The highest BCUT2D eigenvalue weighted by atomic mass is 35.5. The van der Waals surface area contributed by atoms with E-state index in [1.54, 1.807) is 7.11 Å². The summed E-state index contributed by atoms with van der Waals surface area (Å²) in [7, 11) is 5.53. The molecule has 0 saturated heterocycles. The number of nitrogens with zero attached hydrogens (tertiary/aromatic N) is 1. The fourth-order valence-corrected chi connectivity index (χ4v) is 2.09. The third kappa shape index (κ3) is 2.72. The van der Waals surface area contributed by atoms with E-state index in [1.165, 1.54) is 0 Å². The quantitative estimate of drug-likeness (QED) is 0.492. The minimum Gasteiger partial charge on any atom is -0.496 e. The maximum atomic E-state index is 6.27. The van der Waals surface area contributed by atoms with Gasteiger partial charge in [0.2, 0.25) is 0 Å². The van der Waals surface area contributed by atoms with Crippen molar-refractivity contribution in [1.29, 1.82) is 0 Å². The summed E-state index contributed by atoms with van der Waals surface area (Å²) in [6, 6.07) is 1.93. The van der Waals surface area contributed by atoms with Crippen LogP contribution in [0.15, 0.2) is 6.07 Å². The Hall–Kier alpha value is -0.810. The summed E-state index contributed by atoms with van der Waals surface area (Å²) in [4.78, 5) is 1.97. The average Bonchev–Trinajstić information content (AvgIpc) is 2.29. The van der Waals surface area contributed by atoms with E-state index in [0.717, 1.165) is 27.5 Å². The lowest BCUT2D eigenvalue weighted by molar-refractivity contribution is 0.244. The maximum absolute atomic E-state index is 6.27. The zero-order valence-corrected chi connectivity index (χ0v) is 11.7. The van der Waals surface area contributed by atoms with Crippen molar-refractivity contribution in [3.05, 3.63) is 27.8 Å². The first kappa shape index (κ1) is 14.3. The normalized spacial score (nSPS) is 12.9. The van der Waals surface area contributed by atoms with Gasteiger partial charge in [-0.25, -0.2) is 5.43 Å². The number of nitrogens with one attached hydrogen (secondary N) is 1. The van der Waals surface area contributed by atoms with Crippen molar-refractivity contribution < 1.29 is 4.74 Å². The molecule has 0 aromatic heterocycles. The van der Waals surface area contributed by atoms with E-state index in [-0.39, 0.29) is 6.17 Å². The molecule has 0 fully saturated rings. The monoisotopic (exact) mass is 257 g/mol. The number of aryl methyl sites for hydroxylation is 1. The largest absolute Gasteiger partial charge is 0.496 e. The highest BCUT2D eigenvalue weighted by Crippen LogP contribution is 2.35. The second-order valence-electron chi connectivity index (χ2n) is 4.28. The van der Waals surface area contributed by atoms with Gasteiger partial charge in [-0.15, -0.1) is 0 Å². The summed E-state index contributed by atoms with van der Waals surface area (Å²) in [6.07, 6.45) is -0.136. The molecule has 1 aromatic rings. The molecule has 1 unspecified atom stereocenters. The topological polar surface area (TPSA) is 50.5 Å². The number of hydrazine groups is 1. The molecule has 1 rings (SSSR count).